The Hall–Kier alpha value is -1.26. The molecule has 0 heterocycles. The van der Waals surface area contributed by atoms with Crippen LogP contribution in [0.25, 0.3) is 0 Å². The molecule has 0 spiro atoms. The summed E-state index contributed by atoms with van der Waals surface area (Å²) in [5.74, 6) is -0.141. The first-order valence-electron chi connectivity index (χ1n) is 7.08. The molecule has 5 nitrogen and oxygen atoms in total. The summed E-state index contributed by atoms with van der Waals surface area (Å²) in [7, 11) is 0. The molecule has 1 rings (SSSR count). The second kappa shape index (κ2) is 6.78. The SMILES string of the molecule is C[C@H](NC(=O)OC(C)(C)C)C(=O)NC1CCCCC1. The number of ether oxygens (including phenoxy) is 1. The summed E-state index contributed by atoms with van der Waals surface area (Å²) in [5, 5.41) is 5.53. The van der Waals surface area contributed by atoms with E-state index in [1.54, 1.807) is 27.7 Å². The average Bonchev–Trinajstić information content (AvgIpc) is 2.27. The summed E-state index contributed by atoms with van der Waals surface area (Å²) >= 11 is 0. The molecular formula is C14H26N2O3. The molecule has 0 saturated heterocycles. The highest BCUT2D eigenvalue weighted by Gasteiger charge is 2.23. The molecule has 1 aliphatic rings. The summed E-state index contributed by atoms with van der Waals surface area (Å²) in [5.41, 5.74) is -0.552. The van der Waals surface area contributed by atoms with Gasteiger partial charge in [0.25, 0.3) is 0 Å². The molecular weight excluding hydrogens is 244 g/mol. The van der Waals surface area contributed by atoms with Gasteiger partial charge in [-0.2, -0.15) is 0 Å². The fourth-order valence-electron chi connectivity index (χ4n) is 2.12. The molecule has 0 aromatic carbocycles. The molecule has 0 bridgehead atoms. The minimum atomic E-state index is -0.572. The molecule has 5 heteroatoms. The number of carbonyl (C=O) groups is 2. The molecule has 1 fully saturated rings. The van der Waals surface area contributed by atoms with Crippen molar-refractivity contribution in [1.29, 1.82) is 0 Å². The van der Waals surface area contributed by atoms with Crippen LogP contribution in [-0.4, -0.2) is 29.7 Å². The van der Waals surface area contributed by atoms with Crippen LogP contribution in [0.15, 0.2) is 0 Å². The maximum absolute atomic E-state index is 11.9. The van der Waals surface area contributed by atoms with Gasteiger partial charge in [0.15, 0.2) is 0 Å². The van der Waals surface area contributed by atoms with Gasteiger partial charge in [-0.15, -0.1) is 0 Å². The Morgan fingerprint density at radius 1 is 1.16 bits per heavy atom. The summed E-state index contributed by atoms with van der Waals surface area (Å²) < 4.78 is 5.12. The van der Waals surface area contributed by atoms with E-state index in [4.69, 9.17) is 4.74 Å². The van der Waals surface area contributed by atoms with Crippen LogP contribution in [0.2, 0.25) is 0 Å². The van der Waals surface area contributed by atoms with Crippen LogP contribution in [0.4, 0.5) is 4.79 Å². The van der Waals surface area contributed by atoms with Crippen molar-refractivity contribution in [3.8, 4) is 0 Å². The molecule has 2 N–H and O–H groups in total. The van der Waals surface area contributed by atoms with E-state index in [1.165, 1.54) is 19.3 Å². The highest BCUT2D eigenvalue weighted by Crippen LogP contribution is 2.17. The van der Waals surface area contributed by atoms with Gasteiger partial charge >= 0.3 is 6.09 Å². The fraction of sp³-hybridized carbons (Fsp3) is 0.857. The number of hydrogen-bond donors (Lipinski definition) is 2. The molecule has 19 heavy (non-hydrogen) atoms. The third-order valence-corrected chi connectivity index (χ3v) is 3.08. The van der Waals surface area contributed by atoms with Gasteiger partial charge in [-0.1, -0.05) is 19.3 Å². The van der Waals surface area contributed by atoms with Crippen LogP contribution in [0.1, 0.15) is 59.8 Å². The quantitative estimate of drug-likeness (QED) is 0.827. The van der Waals surface area contributed by atoms with Gasteiger partial charge in [0.05, 0.1) is 0 Å². The maximum Gasteiger partial charge on any atom is 0.408 e. The van der Waals surface area contributed by atoms with Crippen LogP contribution < -0.4 is 10.6 Å². The molecule has 1 saturated carbocycles. The lowest BCUT2D eigenvalue weighted by Crippen LogP contribution is -2.49. The third-order valence-electron chi connectivity index (χ3n) is 3.08. The van der Waals surface area contributed by atoms with E-state index in [1.807, 2.05) is 0 Å². The molecule has 0 aromatic heterocycles. The van der Waals surface area contributed by atoms with Gasteiger partial charge in [0.2, 0.25) is 5.91 Å². The van der Waals surface area contributed by atoms with E-state index >= 15 is 0 Å². The Bertz CT molecular complexity index is 317. The summed E-state index contributed by atoms with van der Waals surface area (Å²) in [6, 6.07) is -0.319. The third kappa shape index (κ3) is 6.45. The molecule has 2 amide bonds. The van der Waals surface area contributed by atoms with Gasteiger partial charge in [-0.25, -0.2) is 4.79 Å². The lowest BCUT2D eigenvalue weighted by Gasteiger charge is -2.25. The van der Waals surface area contributed by atoms with Crippen LogP contribution >= 0.6 is 0 Å². The van der Waals surface area contributed by atoms with Crippen molar-refractivity contribution in [3.63, 3.8) is 0 Å². The van der Waals surface area contributed by atoms with Gasteiger partial charge in [-0.05, 0) is 40.5 Å². The highest BCUT2D eigenvalue weighted by atomic mass is 16.6. The number of rotatable bonds is 3. The van der Waals surface area contributed by atoms with Crippen molar-refractivity contribution in [2.24, 2.45) is 0 Å². The van der Waals surface area contributed by atoms with Crippen molar-refractivity contribution in [2.75, 3.05) is 0 Å². The predicted molar refractivity (Wildman–Crippen MR) is 73.8 cm³/mol. The number of hydrogen-bond acceptors (Lipinski definition) is 3. The zero-order valence-electron chi connectivity index (χ0n) is 12.4. The number of alkyl carbamates (subject to hydrolysis) is 1. The van der Waals surface area contributed by atoms with Crippen molar-refractivity contribution >= 4 is 12.0 Å². The van der Waals surface area contributed by atoms with Crippen LogP contribution in [0.5, 0.6) is 0 Å². The minimum Gasteiger partial charge on any atom is -0.444 e. The van der Waals surface area contributed by atoms with Crippen molar-refractivity contribution in [1.82, 2.24) is 10.6 Å². The van der Waals surface area contributed by atoms with Crippen molar-refractivity contribution in [2.45, 2.75) is 77.5 Å². The molecule has 1 aliphatic carbocycles. The van der Waals surface area contributed by atoms with E-state index in [0.29, 0.717) is 0 Å². The Labute approximate surface area is 115 Å². The minimum absolute atomic E-state index is 0.141. The standard InChI is InChI=1S/C14H26N2O3/c1-10(15-13(18)19-14(2,3)4)12(17)16-11-8-6-5-7-9-11/h10-11H,5-9H2,1-4H3,(H,15,18)(H,16,17)/t10-/m0/s1. The van der Waals surface area contributed by atoms with Gasteiger partial charge in [0.1, 0.15) is 11.6 Å². The van der Waals surface area contributed by atoms with E-state index in [2.05, 4.69) is 10.6 Å². The first-order chi connectivity index (χ1) is 8.78. The van der Waals surface area contributed by atoms with E-state index in [-0.39, 0.29) is 11.9 Å². The zero-order valence-corrected chi connectivity index (χ0v) is 12.4. The number of nitrogens with one attached hydrogen (secondary N) is 2. The molecule has 1 atom stereocenters. The summed E-state index contributed by atoms with van der Waals surface area (Å²) in [6.45, 7) is 7.04. The lowest BCUT2D eigenvalue weighted by atomic mass is 9.95. The molecule has 110 valence electrons. The fourth-order valence-corrected chi connectivity index (χ4v) is 2.12. The second-order valence-electron chi connectivity index (χ2n) is 6.21. The summed E-state index contributed by atoms with van der Waals surface area (Å²) in [4.78, 5) is 23.5. The molecule has 0 unspecified atom stereocenters. The maximum atomic E-state index is 11.9. The van der Waals surface area contributed by atoms with E-state index < -0.39 is 17.7 Å². The topological polar surface area (TPSA) is 67.4 Å². The monoisotopic (exact) mass is 270 g/mol. The first kappa shape index (κ1) is 15.8. The van der Waals surface area contributed by atoms with E-state index in [9.17, 15) is 9.59 Å². The van der Waals surface area contributed by atoms with Crippen molar-refractivity contribution in [3.05, 3.63) is 0 Å². The van der Waals surface area contributed by atoms with E-state index in [0.717, 1.165) is 12.8 Å². The highest BCUT2D eigenvalue weighted by molar-refractivity contribution is 5.85. The molecule has 0 aromatic rings. The second-order valence-corrected chi connectivity index (χ2v) is 6.21. The number of carbonyl (C=O) groups excluding carboxylic acids is 2. The van der Waals surface area contributed by atoms with Gasteiger partial charge in [-0.3, -0.25) is 4.79 Å². The smallest absolute Gasteiger partial charge is 0.408 e. The van der Waals surface area contributed by atoms with Gasteiger partial charge in [0, 0.05) is 6.04 Å². The predicted octanol–water partition coefficient (Wildman–Crippen LogP) is 2.35. The Kier molecular flexibility index (Phi) is 5.63. The zero-order chi connectivity index (χ0) is 14.5. The summed E-state index contributed by atoms with van der Waals surface area (Å²) in [6.07, 6.45) is 5.09. The largest absolute Gasteiger partial charge is 0.444 e. The normalized spacial score (nSPS) is 18.5. The Morgan fingerprint density at radius 3 is 2.26 bits per heavy atom. The Balaban J connectivity index is 2.33. The number of amides is 2. The average molecular weight is 270 g/mol. The van der Waals surface area contributed by atoms with Crippen LogP contribution in [-0.2, 0) is 9.53 Å². The van der Waals surface area contributed by atoms with Crippen molar-refractivity contribution < 1.29 is 14.3 Å². The first-order valence-corrected chi connectivity index (χ1v) is 7.08. The lowest BCUT2D eigenvalue weighted by molar-refractivity contribution is -0.123. The molecule has 0 radical (unpaired) electrons. The van der Waals surface area contributed by atoms with Crippen LogP contribution in [0, 0.1) is 0 Å². The molecule has 0 aliphatic heterocycles. The van der Waals surface area contributed by atoms with Gasteiger partial charge < -0.3 is 15.4 Å². The Morgan fingerprint density at radius 2 is 1.74 bits per heavy atom. The van der Waals surface area contributed by atoms with Crippen LogP contribution in [0.3, 0.4) is 0 Å².